The van der Waals surface area contributed by atoms with Gasteiger partial charge in [-0.2, -0.15) is 0 Å². The van der Waals surface area contributed by atoms with Crippen LogP contribution in [0.4, 0.5) is 10.1 Å². The van der Waals surface area contributed by atoms with E-state index in [1.807, 2.05) is 13.8 Å². The molecule has 1 rings (SSSR count). The minimum absolute atomic E-state index is 0.107. The molecule has 0 bridgehead atoms. The van der Waals surface area contributed by atoms with E-state index in [4.69, 9.17) is 11.6 Å². The molecular formula is C13H18ClFN2O. The third-order valence-corrected chi connectivity index (χ3v) is 2.69. The van der Waals surface area contributed by atoms with Gasteiger partial charge < -0.3 is 10.6 Å². The fourth-order valence-corrected chi connectivity index (χ4v) is 1.58. The number of hydrogen-bond acceptors (Lipinski definition) is 2. The van der Waals surface area contributed by atoms with Crippen molar-refractivity contribution in [3.8, 4) is 0 Å². The maximum Gasteiger partial charge on any atom is 0.242 e. The first kappa shape index (κ1) is 14.8. The maximum atomic E-state index is 12.9. The summed E-state index contributed by atoms with van der Waals surface area (Å²) in [6, 6.07) is 3.60. The van der Waals surface area contributed by atoms with Crippen LogP contribution in [0.3, 0.4) is 0 Å². The van der Waals surface area contributed by atoms with Crippen LogP contribution in [0, 0.1) is 11.7 Å². The molecule has 0 spiro atoms. The number of carbonyl (C=O) groups is 1. The van der Waals surface area contributed by atoms with Gasteiger partial charge in [-0.3, -0.25) is 4.79 Å². The van der Waals surface area contributed by atoms with Crippen LogP contribution in [-0.4, -0.2) is 18.5 Å². The largest absolute Gasteiger partial charge is 0.373 e. The molecule has 100 valence electrons. The number of hydrogen-bond donors (Lipinski definition) is 2. The molecule has 0 aliphatic heterocycles. The van der Waals surface area contributed by atoms with Crippen LogP contribution in [0.15, 0.2) is 18.2 Å². The number of halogens is 2. The quantitative estimate of drug-likeness (QED) is 0.865. The molecule has 0 aliphatic carbocycles. The topological polar surface area (TPSA) is 41.1 Å². The van der Waals surface area contributed by atoms with Gasteiger partial charge in [0.2, 0.25) is 5.91 Å². The molecule has 1 atom stereocenters. The van der Waals surface area contributed by atoms with Crippen molar-refractivity contribution >= 4 is 23.2 Å². The molecule has 0 heterocycles. The van der Waals surface area contributed by atoms with E-state index in [9.17, 15) is 9.18 Å². The van der Waals surface area contributed by atoms with E-state index in [-0.39, 0.29) is 10.9 Å². The number of amides is 1. The van der Waals surface area contributed by atoms with Gasteiger partial charge in [-0.05, 0) is 31.0 Å². The van der Waals surface area contributed by atoms with Crippen LogP contribution in [0.25, 0.3) is 0 Å². The summed E-state index contributed by atoms with van der Waals surface area (Å²) in [4.78, 5) is 11.7. The van der Waals surface area contributed by atoms with Crippen molar-refractivity contribution in [2.24, 2.45) is 5.92 Å². The van der Waals surface area contributed by atoms with Crippen molar-refractivity contribution in [3.05, 3.63) is 29.0 Å². The van der Waals surface area contributed by atoms with Gasteiger partial charge in [-0.1, -0.05) is 25.4 Å². The lowest BCUT2D eigenvalue weighted by Crippen LogP contribution is -2.39. The molecule has 0 saturated heterocycles. The van der Waals surface area contributed by atoms with E-state index >= 15 is 0 Å². The molecule has 1 unspecified atom stereocenters. The summed E-state index contributed by atoms with van der Waals surface area (Å²) in [6.45, 7) is 6.40. The van der Waals surface area contributed by atoms with Gasteiger partial charge in [-0.25, -0.2) is 4.39 Å². The number of nitrogens with one attached hydrogen (secondary N) is 2. The van der Waals surface area contributed by atoms with E-state index in [0.29, 0.717) is 18.2 Å². The highest BCUT2D eigenvalue weighted by Crippen LogP contribution is 2.22. The van der Waals surface area contributed by atoms with Crippen molar-refractivity contribution in [2.75, 3.05) is 11.9 Å². The molecule has 1 amide bonds. The van der Waals surface area contributed by atoms with Crippen molar-refractivity contribution in [1.82, 2.24) is 5.32 Å². The van der Waals surface area contributed by atoms with Crippen LogP contribution < -0.4 is 10.6 Å². The van der Waals surface area contributed by atoms with Gasteiger partial charge >= 0.3 is 0 Å². The molecule has 2 N–H and O–H groups in total. The summed E-state index contributed by atoms with van der Waals surface area (Å²) in [7, 11) is 0. The summed E-state index contributed by atoms with van der Waals surface area (Å²) in [6.07, 6.45) is 0. The van der Waals surface area contributed by atoms with Crippen LogP contribution in [0.5, 0.6) is 0 Å². The maximum absolute atomic E-state index is 12.9. The van der Waals surface area contributed by atoms with E-state index in [1.54, 1.807) is 6.92 Å². The standard InChI is InChI=1S/C13H18ClFN2O/c1-8(2)7-16-13(18)9(3)17-12-5-4-10(15)6-11(12)14/h4-6,8-9,17H,7H2,1-3H3,(H,16,18). The molecule has 1 aromatic rings. The van der Waals surface area contributed by atoms with E-state index in [0.717, 1.165) is 0 Å². The summed E-state index contributed by atoms with van der Waals surface area (Å²) >= 11 is 5.87. The molecule has 3 nitrogen and oxygen atoms in total. The number of rotatable bonds is 5. The molecule has 0 aliphatic rings. The van der Waals surface area contributed by atoms with Gasteiger partial charge in [0, 0.05) is 6.54 Å². The smallest absolute Gasteiger partial charge is 0.242 e. The molecular weight excluding hydrogens is 255 g/mol. The molecule has 1 aromatic carbocycles. The summed E-state index contributed by atoms with van der Waals surface area (Å²) in [5.41, 5.74) is 0.547. The minimum Gasteiger partial charge on any atom is -0.373 e. The highest BCUT2D eigenvalue weighted by Gasteiger charge is 2.14. The third kappa shape index (κ3) is 4.53. The van der Waals surface area contributed by atoms with E-state index in [1.165, 1.54) is 18.2 Å². The second-order valence-corrected chi connectivity index (χ2v) is 5.04. The second-order valence-electron chi connectivity index (χ2n) is 4.63. The van der Waals surface area contributed by atoms with E-state index < -0.39 is 11.9 Å². The summed E-state index contributed by atoms with van der Waals surface area (Å²) < 4.78 is 12.9. The van der Waals surface area contributed by atoms with Gasteiger partial charge in [0.05, 0.1) is 10.7 Å². The zero-order chi connectivity index (χ0) is 13.7. The Bertz CT molecular complexity index is 423. The fourth-order valence-electron chi connectivity index (χ4n) is 1.36. The molecule has 0 aromatic heterocycles. The highest BCUT2D eigenvalue weighted by atomic mass is 35.5. The van der Waals surface area contributed by atoms with Crippen LogP contribution in [0.2, 0.25) is 5.02 Å². The van der Waals surface area contributed by atoms with Crippen molar-refractivity contribution in [1.29, 1.82) is 0 Å². The van der Waals surface area contributed by atoms with Crippen LogP contribution in [0.1, 0.15) is 20.8 Å². The Morgan fingerprint density at radius 1 is 1.39 bits per heavy atom. The Balaban J connectivity index is 2.58. The average Bonchev–Trinajstić information content (AvgIpc) is 2.29. The normalized spacial score (nSPS) is 12.3. The first-order valence-electron chi connectivity index (χ1n) is 5.89. The molecule has 0 fully saturated rings. The lowest BCUT2D eigenvalue weighted by molar-refractivity contribution is -0.121. The zero-order valence-corrected chi connectivity index (χ0v) is 11.5. The fraction of sp³-hybridized carbons (Fsp3) is 0.462. The van der Waals surface area contributed by atoms with Gasteiger partial charge in [0.15, 0.2) is 0 Å². The Morgan fingerprint density at radius 3 is 2.61 bits per heavy atom. The number of carbonyl (C=O) groups excluding carboxylic acids is 1. The van der Waals surface area contributed by atoms with Crippen LogP contribution in [-0.2, 0) is 4.79 Å². The molecule has 18 heavy (non-hydrogen) atoms. The SMILES string of the molecule is CC(C)CNC(=O)C(C)Nc1ccc(F)cc1Cl. The Morgan fingerprint density at radius 2 is 2.06 bits per heavy atom. The Labute approximate surface area is 112 Å². The predicted molar refractivity (Wildman–Crippen MR) is 72.3 cm³/mol. The van der Waals surface area contributed by atoms with Gasteiger partial charge in [0.1, 0.15) is 11.9 Å². The molecule has 5 heteroatoms. The lowest BCUT2D eigenvalue weighted by atomic mass is 10.2. The Kier molecular flexibility index (Phi) is 5.41. The highest BCUT2D eigenvalue weighted by molar-refractivity contribution is 6.33. The van der Waals surface area contributed by atoms with Crippen molar-refractivity contribution in [2.45, 2.75) is 26.8 Å². The second kappa shape index (κ2) is 6.59. The van der Waals surface area contributed by atoms with E-state index in [2.05, 4.69) is 10.6 Å². The third-order valence-electron chi connectivity index (χ3n) is 2.38. The monoisotopic (exact) mass is 272 g/mol. The number of benzene rings is 1. The lowest BCUT2D eigenvalue weighted by Gasteiger charge is -2.17. The molecule has 0 saturated carbocycles. The Hall–Kier alpha value is -1.29. The van der Waals surface area contributed by atoms with Gasteiger partial charge in [-0.15, -0.1) is 0 Å². The van der Waals surface area contributed by atoms with Crippen molar-refractivity contribution in [3.63, 3.8) is 0 Å². The predicted octanol–water partition coefficient (Wildman–Crippen LogP) is 3.05. The average molecular weight is 273 g/mol. The number of anilines is 1. The zero-order valence-electron chi connectivity index (χ0n) is 10.8. The van der Waals surface area contributed by atoms with Crippen molar-refractivity contribution < 1.29 is 9.18 Å². The van der Waals surface area contributed by atoms with Gasteiger partial charge in [0.25, 0.3) is 0 Å². The summed E-state index contributed by atoms with van der Waals surface area (Å²) in [5.74, 6) is -0.109. The minimum atomic E-state index is -0.424. The van der Waals surface area contributed by atoms with Crippen LogP contribution >= 0.6 is 11.6 Å². The first-order chi connectivity index (χ1) is 8.40. The first-order valence-corrected chi connectivity index (χ1v) is 6.27. The summed E-state index contributed by atoms with van der Waals surface area (Å²) in [5, 5.41) is 6.03. The molecule has 0 radical (unpaired) electrons.